The van der Waals surface area contributed by atoms with E-state index in [0.717, 1.165) is 5.56 Å². The molecule has 124 valence electrons. The Balaban J connectivity index is 2.24. The van der Waals surface area contributed by atoms with Crippen LogP contribution in [0.3, 0.4) is 0 Å². The van der Waals surface area contributed by atoms with Crippen molar-refractivity contribution < 1.29 is 8.42 Å². The molecule has 0 aromatic heterocycles. The van der Waals surface area contributed by atoms with Crippen LogP contribution >= 0.6 is 11.6 Å². The largest absolute Gasteiger partial charge is 0.356 e. The van der Waals surface area contributed by atoms with Gasteiger partial charge in [-0.15, -0.1) is 0 Å². The minimum Gasteiger partial charge on any atom is -0.356 e. The average molecular weight is 347 g/mol. The van der Waals surface area contributed by atoms with E-state index in [1.165, 1.54) is 0 Å². The maximum atomic E-state index is 11.3. The Kier molecular flexibility index (Phi) is 8.22. The van der Waals surface area contributed by atoms with Crippen molar-refractivity contribution in [3.05, 3.63) is 34.9 Å². The van der Waals surface area contributed by atoms with Crippen LogP contribution in [0.5, 0.6) is 0 Å². The second-order valence-corrected chi connectivity index (χ2v) is 7.16. The number of nitrogens with zero attached hydrogens (tertiary/aromatic N) is 1. The summed E-state index contributed by atoms with van der Waals surface area (Å²) in [5, 5.41) is 7.02. The molecule has 22 heavy (non-hydrogen) atoms. The van der Waals surface area contributed by atoms with Crippen LogP contribution in [0.15, 0.2) is 29.3 Å². The van der Waals surface area contributed by atoms with Crippen LogP contribution in [-0.2, 0) is 16.6 Å². The van der Waals surface area contributed by atoms with Crippen LogP contribution in [0.4, 0.5) is 0 Å². The number of hydrogen-bond acceptors (Lipinski definition) is 3. The predicted molar refractivity (Wildman–Crippen MR) is 91.7 cm³/mol. The van der Waals surface area contributed by atoms with Gasteiger partial charge in [0.2, 0.25) is 10.0 Å². The van der Waals surface area contributed by atoms with E-state index in [0.29, 0.717) is 37.0 Å². The average Bonchev–Trinajstić information content (AvgIpc) is 2.51. The first kappa shape index (κ1) is 18.7. The summed E-state index contributed by atoms with van der Waals surface area (Å²) in [6.45, 7) is 3.30. The fraction of sp³-hybridized carbons (Fsp3) is 0.500. The number of aliphatic imine (C=N–C) groups is 1. The highest BCUT2D eigenvalue weighted by molar-refractivity contribution is 7.89. The molecule has 0 aliphatic carbocycles. The van der Waals surface area contributed by atoms with Gasteiger partial charge in [-0.2, -0.15) is 0 Å². The molecule has 0 bridgehead atoms. The van der Waals surface area contributed by atoms with Gasteiger partial charge in [-0.3, -0.25) is 4.99 Å². The van der Waals surface area contributed by atoms with Gasteiger partial charge in [0.1, 0.15) is 0 Å². The SMILES string of the molecule is CCS(=O)(=O)NCCCNC(=NC)NCc1ccc(Cl)cc1. The summed E-state index contributed by atoms with van der Waals surface area (Å²) in [7, 11) is -1.42. The normalized spacial score (nSPS) is 12.2. The minimum atomic E-state index is -3.11. The van der Waals surface area contributed by atoms with Gasteiger partial charge in [-0.1, -0.05) is 23.7 Å². The summed E-state index contributed by atoms with van der Waals surface area (Å²) in [5.74, 6) is 0.776. The number of nitrogens with one attached hydrogen (secondary N) is 3. The van der Waals surface area contributed by atoms with Gasteiger partial charge in [0, 0.05) is 31.7 Å². The van der Waals surface area contributed by atoms with Gasteiger partial charge in [0.25, 0.3) is 0 Å². The van der Waals surface area contributed by atoms with Crippen molar-refractivity contribution in [3.63, 3.8) is 0 Å². The third-order valence-electron chi connectivity index (χ3n) is 2.94. The van der Waals surface area contributed by atoms with E-state index in [-0.39, 0.29) is 5.75 Å². The summed E-state index contributed by atoms with van der Waals surface area (Å²) in [6, 6.07) is 7.58. The second kappa shape index (κ2) is 9.66. The number of guanidine groups is 1. The van der Waals surface area contributed by atoms with Crippen molar-refractivity contribution in [2.45, 2.75) is 19.9 Å². The molecule has 1 rings (SSSR count). The van der Waals surface area contributed by atoms with Crippen molar-refractivity contribution in [1.29, 1.82) is 0 Å². The first-order valence-electron chi connectivity index (χ1n) is 7.13. The van der Waals surface area contributed by atoms with E-state index in [9.17, 15) is 8.42 Å². The van der Waals surface area contributed by atoms with Gasteiger partial charge in [0.05, 0.1) is 5.75 Å². The van der Waals surface area contributed by atoms with Crippen molar-refractivity contribution in [2.75, 3.05) is 25.9 Å². The molecule has 1 aromatic rings. The van der Waals surface area contributed by atoms with E-state index in [1.807, 2.05) is 24.3 Å². The van der Waals surface area contributed by atoms with E-state index < -0.39 is 10.0 Å². The van der Waals surface area contributed by atoms with E-state index in [4.69, 9.17) is 11.6 Å². The Labute approximate surface area is 137 Å². The van der Waals surface area contributed by atoms with Crippen molar-refractivity contribution in [3.8, 4) is 0 Å². The molecule has 0 unspecified atom stereocenters. The monoisotopic (exact) mass is 346 g/mol. The van der Waals surface area contributed by atoms with Gasteiger partial charge in [-0.25, -0.2) is 13.1 Å². The molecule has 0 saturated carbocycles. The smallest absolute Gasteiger partial charge is 0.211 e. The quantitative estimate of drug-likeness (QED) is 0.377. The Morgan fingerprint density at radius 2 is 1.86 bits per heavy atom. The molecular weight excluding hydrogens is 324 g/mol. The van der Waals surface area contributed by atoms with E-state index in [2.05, 4.69) is 20.3 Å². The lowest BCUT2D eigenvalue weighted by molar-refractivity contribution is 0.579. The second-order valence-electron chi connectivity index (χ2n) is 4.63. The Bertz CT molecular complexity index is 573. The molecule has 0 aliphatic heterocycles. The minimum absolute atomic E-state index is 0.102. The molecule has 6 nitrogen and oxygen atoms in total. The molecule has 0 radical (unpaired) electrons. The Hall–Kier alpha value is -1.31. The molecule has 0 heterocycles. The van der Waals surface area contributed by atoms with Crippen LogP contribution in [-0.4, -0.2) is 40.3 Å². The molecule has 8 heteroatoms. The highest BCUT2D eigenvalue weighted by Crippen LogP contribution is 2.08. The lowest BCUT2D eigenvalue weighted by atomic mass is 10.2. The highest BCUT2D eigenvalue weighted by atomic mass is 35.5. The molecule has 0 aliphatic rings. The molecule has 0 amide bonds. The summed E-state index contributed by atoms with van der Waals surface area (Å²) >= 11 is 5.84. The van der Waals surface area contributed by atoms with Gasteiger partial charge in [0.15, 0.2) is 5.96 Å². The number of hydrogen-bond donors (Lipinski definition) is 3. The fourth-order valence-corrected chi connectivity index (χ4v) is 2.42. The summed E-state index contributed by atoms with van der Waals surface area (Å²) < 4.78 is 25.0. The van der Waals surface area contributed by atoms with Crippen LogP contribution in [0.25, 0.3) is 0 Å². The first-order valence-corrected chi connectivity index (χ1v) is 9.16. The van der Waals surface area contributed by atoms with Gasteiger partial charge < -0.3 is 10.6 Å². The fourth-order valence-electron chi connectivity index (χ4n) is 1.63. The summed E-state index contributed by atoms with van der Waals surface area (Å²) in [5.41, 5.74) is 1.10. The molecule has 0 spiro atoms. The Morgan fingerprint density at radius 1 is 1.18 bits per heavy atom. The zero-order valence-electron chi connectivity index (χ0n) is 12.9. The number of benzene rings is 1. The zero-order chi connectivity index (χ0) is 16.4. The van der Waals surface area contributed by atoms with Crippen LogP contribution in [0, 0.1) is 0 Å². The standard InChI is InChI=1S/C14H23ClN4O2S/c1-3-22(20,21)19-10-4-9-17-14(16-2)18-11-12-5-7-13(15)8-6-12/h5-8,19H,3-4,9-11H2,1-2H3,(H2,16,17,18). The zero-order valence-corrected chi connectivity index (χ0v) is 14.5. The topological polar surface area (TPSA) is 82.6 Å². The predicted octanol–water partition coefficient (Wildman–Crippen LogP) is 1.33. The van der Waals surface area contributed by atoms with E-state index in [1.54, 1.807) is 14.0 Å². The number of sulfonamides is 1. The first-order chi connectivity index (χ1) is 10.5. The molecular formula is C14H23ClN4O2S. The molecule has 0 atom stereocenters. The summed E-state index contributed by atoms with van der Waals surface area (Å²) in [4.78, 5) is 4.11. The van der Waals surface area contributed by atoms with Gasteiger partial charge in [-0.05, 0) is 31.0 Å². The van der Waals surface area contributed by atoms with Crippen LogP contribution in [0.1, 0.15) is 18.9 Å². The Morgan fingerprint density at radius 3 is 2.45 bits per heavy atom. The van der Waals surface area contributed by atoms with Crippen LogP contribution in [0.2, 0.25) is 5.02 Å². The molecule has 1 aromatic carbocycles. The maximum Gasteiger partial charge on any atom is 0.211 e. The molecule has 0 saturated heterocycles. The number of halogens is 1. The van der Waals surface area contributed by atoms with Gasteiger partial charge >= 0.3 is 0 Å². The third kappa shape index (κ3) is 7.63. The van der Waals surface area contributed by atoms with Crippen molar-refractivity contribution >= 4 is 27.6 Å². The lowest BCUT2D eigenvalue weighted by Gasteiger charge is -2.12. The van der Waals surface area contributed by atoms with Crippen molar-refractivity contribution in [2.24, 2.45) is 4.99 Å². The van der Waals surface area contributed by atoms with Crippen LogP contribution < -0.4 is 15.4 Å². The van der Waals surface area contributed by atoms with E-state index >= 15 is 0 Å². The summed E-state index contributed by atoms with van der Waals surface area (Å²) in [6.07, 6.45) is 0.681. The lowest BCUT2D eigenvalue weighted by Crippen LogP contribution is -2.38. The third-order valence-corrected chi connectivity index (χ3v) is 4.60. The molecule has 3 N–H and O–H groups in total. The number of rotatable bonds is 8. The highest BCUT2D eigenvalue weighted by Gasteiger charge is 2.04. The van der Waals surface area contributed by atoms with Crippen molar-refractivity contribution in [1.82, 2.24) is 15.4 Å². The maximum absolute atomic E-state index is 11.3. The molecule has 0 fully saturated rings.